The van der Waals surface area contributed by atoms with Crippen LogP contribution in [0.25, 0.3) is 0 Å². The normalized spacial score (nSPS) is 13.9. The van der Waals surface area contributed by atoms with E-state index in [-0.39, 0.29) is 0 Å². The molecule has 98 valence electrons. The van der Waals surface area contributed by atoms with E-state index in [0.29, 0.717) is 10.6 Å². The number of hydrogen-bond acceptors (Lipinski definition) is 0. The number of hydrogen-bond donors (Lipinski definition) is 0. The standard InChI is InChI=1S/C14H30IP/c1-6-11-12-13(7-2,8-3)14(9-4,10-5)16-15/h16H,6-12H2,1-5H3. The predicted octanol–water partition coefficient (Wildman–Crippen LogP) is 6.57. The van der Waals surface area contributed by atoms with Gasteiger partial charge in [0, 0.05) is 5.16 Å². The van der Waals surface area contributed by atoms with Crippen LogP contribution >= 0.6 is 28.3 Å². The Bertz CT molecular complexity index is 163. The van der Waals surface area contributed by atoms with Gasteiger partial charge < -0.3 is 0 Å². The first-order valence-corrected chi connectivity index (χ1v) is 11.1. The highest BCUT2D eigenvalue weighted by Crippen LogP contribution is 2.59. The van der Waals surface area contributed by atoms with E-state index >= 15 is 0 Å². The maximum Gasteiger partial charge on any atom is 0.00193 e. The number of rotatable bonds is 9. The summed E-state index contributed by atoms with van der Waals surface area (Å²) >= 11 is 2.65. The summed E-state index contributed by atoms with van der Waals surface area (Å²) in [5.41, 5.74) is 0.603. The maximum atomic E-state index is 2.65. The molecule has 0 nitrogen and oxygen atoms in total. The molecule has 1 atom stereocenters. The van der Waals surface area contributed by atoms with Crippen molar-refractivity contribution in [1.82, 2.24) is 0 Å². The van der Waals surface area contributed by atoms with E-state index in [4.69, 9.17) is 0 Å². The average molecular weight is 356 g/mol. The lowest BCUT2D eigenvalue weighted by Gasteiger charge is -2.49. The minimum Gasteiger partial charge on any atom is -0.0654 e. The van der Waals surface area contributed by atoms with Gasteiger partial charge in [0.05, 0.1) is 0 Å². The Labute approximate surface area is 118 Å². The first kappa shape index (κ1) is 17.2. The van der Waals surface area contributed by atoms with Crippen molar-refractivity contribution in [3.8, 4) is 0 Å². The van der Waals surface area contributed by atoms with Gasteiger partial charge in [-0.3, -0.25) is 0 Å². The van der Waals surface area contributed by atoms with E-state index in [1.807, 2.05) is 0 Å². The summed E-state index contributed by atoms with van der Waals surface area (Å²) in [5, 5.41) is 0.603. The Morgan fingerprint density at radius 3 is 1.62 bits per heavy atom. The van der Waals surface area contributed by atoms with Crippen molar-refractivity contribution < 1.29 is 0 Å². The van der Waals surface area contributed by atoms with Crippen molar-refractivity contribution >= 4 is 28.3 Å². The average Bonchev–Trinajstić information content (AvgIpc) is 2.35. The lowest BCUT2D eigenvalue weighted by atomic mass is 9.65. The first-order valence-electron chi connectivity index (χ1n) is 6.99. The topological polar surface area (TPSA) is 0 Å². The molecule has 0 aliphatic carbocycles. The molecule has 0 aliphatic rings. The van der Waals surface area contributed by atoms with Crippen molar-refractivity contribution in [2.75, 3.05) is 0 Å². The van der Waals surface area contributed by atoms with Gasteiger partial charge in [-0.05, 0) is 43.7 Å². The maximum absolute atomic E-state index is 2.65. The molecule has 0 aromatic rings. The Morgan fingerprint density at radius 2 is 1.38 bits per heavy atom. The summed E-state index contributed by atoms with van der Waals surface area (Å²) in [6, 6.07) is 0. The van der Waals surface area contributed by atoms with Crippen LogP contribution in [0.2, 0.25) is 0 Å². The fourth-order valence-corrected chi connectivity index (χ4v) is 8.22. The third kappa shape index (κ3) is 3.34. The molecule has 0 heterocycles. The Balaban J connectivity index is 5.09. The number of halogens is 1. The first-order chi connectivity index (χ1) is 7.61. The van der Waals surface area contributed by atoms with Crippen LogP contribution in [-0.2, 0) is 0 Å². The highest BCUT2D eigenvalue weighted by molar-refractivity contribution is 14.2. The predicted molar refractivity (Wildman–Crippen MR) is 88.2 cm³/mol. The molecular formula is C14H30IP. The van der Waals surface area contributed by atoms with Crippen LogP contribution in [0, 0.1) is 5.41 Å². The van der Waals surface area contributed by atoms with Crippen LogP contribution in [0.1, 0.15) is 79.6 Å². The molecule has 0 spiro atoms. The molecule has 16 heavy (non-hydrogen) atoms. The van der Waals surface area contributed by atoms with E-state index in [0.717, 1.165) is 6.22 Å². The van der Waals surface area contributed by atoms with Crippen molar-refractivity contribution in [1.29, 1.82) is 0 Å². The Kier molecular flexibility index (Phi) is 8.90. The van der Waals surface area contributed by atoms with E-state index in [9.17, 15) is 0 Å². The highest BCUT2D eigenvalue weighted by Gasteiger charge is 2.45. The van der Waals surface area contributed by atoms with E-state index in [2.05, 4.69) is 56.7 Å². The lowest BCUT2D eigenvalue weighted by Crippen LogP contribution is -2.42. The van der Waals surface area contributed by atoms with Crippen LogP contribution in [0.15, 0.2) is 0 Å². The third-order valence-corrected chi connectivity index (χ3v) is 9.46. The van der Waals surface area contributed by atoms with Crippen LogP contribution in [-0.4, -0.2) is 5.16 Å². The van der Waals surface area contributed by atoms with Crippen LogP contribution in [0.5, 0.6) is 0 Å². The highest BCUT2D eigenvalue weighted by atomic mass is 127. The van der Waals surface area contributed by atoms with Gasteiger partial charge in [-0.15, -0.1) is 0 Å². The van der Waals surface area contributed by atoms with Gasteiger partial charge in [-0.25, -0.2) is 0 Å². The second-order valence-electron chi connectivity index (χ2n) is 4.97. The van der Waals surface area contributed by atoms with Crippen LogP contribution in [0.3, 0.4) is 0 Å². The minimum absolute atomic E-state index is 0.603. The van der Waals surface area contributed by atoms with Crippen molar-refractivity contribution in [2.24, 2.45) is 5.41 Å². The quantitative estimate of drug-likeness (QED) is 0.324. The van der Waals surface area contributed by atoms with Gasteiger partial charge in [-0.1, -0.05) is 69.5 Å². The van der Waals surface area contributed by atoms with Gasteiger partial charge in [0.2, 0.25) is 0 Å². The summed E-state index contributed by atoms with van der Waals surface area (Å²) < 4.78 is 0. The van der Waals surface area contributed by atoms with Crippen molar-refractivity contribution in [3.63, 3.8) is 0 Å². The smallest absolute Gasteiger partial charge is 0.00193 e. The van der Waals surface area contributed by atoms with Crippen LogP contribution in [0.4, 0.5) is 0 Å². The molecule has 0 bridgehead atoms. The molecule has 0 rings (SSSR count). The molecular weight excluding hydrogens is 326 g/mol. The SMILES string of the molecule is CCCCC(CC)(CC)C(CC)(CC)PI. The van der Waals surface area contributed by atoms with Gasteiger partial charge in [0.25, 0.3) is 0 Å². The molecule has 1 unspecified atom stereocenters. The zero-order valence-corrected chi connectivity index (χ0v) is 15.0. The van der Waals surface area contributed by atoms with Gasteiger partial charge in [-0.2, -0.15) is 0 Å². The van der Waals surface area contributed by atoms with Gasteiger partial charge in [0.15, 0.2) is 0 Å². The molecule has 0 saturated carbocycles. The molecule has 0 radical (unpaired) electrons. The molecule has 0 saturated heterocycles. The molecule has 0 aliphatic heterocycles. The fraction of sp³-hybridized carbons (Fsp3) is 1.00. The van der Waals surface area contributed by atoms with E-state index < -0.39 is 0 Å². The molecule has 0 N–H and O–H groups in total. The molecule has 0 amide bonds. The Morgan fingerprint density at radius 1 is 0.875 bits per heavy atom. The zero-order valence-electron chi connectivity index (χ0n) is 11.8. The molecule has 0 aromatic carbocycles. The molecule has 2 heteroatoms. The third-order valence-electron chi connectivity index (χ3n) is 4.77. The lowest BCUT2D eigenvalue weighted by molar-refractivity contribution is 0.143. The molecule has 0 fully saturated rings. The van der Waals surface area contributed by atoms with E-state index in [1.165, 1.54) is 44.9 Å². The van der Waals surface area contributed by atoms with Crippen LogP contribution < -0.4 is 0 Å². The van der Waals surface area contributed by atoms with Gasteiger partial charge in [0.1, 0.15) is 0 Å². The summed E-state index contributed by atoms with van der Waals surface area (Å²) in [6.07, 6.45) is 10.7. The summed E-state index contributed by atoms with van der Waals surface area (Å²) in [7, 11) is 0. The summed E-state index contributed by atoms with van der Waals surface area (Å²) in [6.45, 7) is 12.0. The largest absolute Gasteiger partial charge is 0.0654 e. The second kappa shape index (κ2) is 8.29. The second-order valence-corrected chi connectivity index (χ2v) is 7.74. The molecule has 0 aromatic heterocycles. The zero-order chi connectivity index (χ0) is 12.7. The summed E-state index contributed by atoms with van der Waals surface area (Å²) in [4.78, 5) is 0. The summed E-state index contributed by atoms with van der Waals surface area (Å²) in [5.74, 6) is 0. The monoisotopic (exact) mass is 356 g/mol. The number of unbranched alkanes of at least 4 members (excludes halogenated alkanes) is 1. The van der Waals surface area contributed by atoms with Crippen molar-refractivity contribution in [2.45, 2.75) is 84.7 Å². The van der Waals surface area contributed by atoms with E-state index in [1.54, 1.807) is 0 Å². The Hall–Kier alpha value is 1.16. The van der Waals surface area contributed by atoms with Gasteiger partial charge >= 0.3 is 0 Å². The van der Waals surface area contributed by atoms with Crippen molar-refractivity contribution in [3.05, 3.63) is 0 Å². The fourth-order valence-electron chi connectivity index (χ4n) is 3.27. The minimum atomic E-state index is 0.603.